The number of aromatic nitrogens is 4. The maximum absolute atomic E-state index is 13.3. The second-order valence-corrected chi connectivity index (χ2v) is 6.68. The van der Waals surface area contributed by atoms with E-state index < -0.39 is 17.3 Å². The average Bonchev–Trinajstić information content (AvgIpc) is 3.16. The van der Waals surface area contributed by atoms with Crippen molar-refractivity contribution >= 4 is 17.4 Å². The Morgan fingerprint density at radius 3 is 2.62 bits per heavy atom. The van der Waals surface area contributed by atoms with Gasteiger partial charge in [0.2, 0.25) is 11.7 Å². The Labute approximate surface area is 165 Å². The molecule has 4 rings (SSSR count). The van der Waals surface area contributed by atoms with Crippen molar-refractivity contribution in [3.05, 3.63) is 82.0 Å². The standard InChI is InChI=1S/C21H18FN5O2/c1-13-17(12-18(28)23-16-10-6-9-15(22)11-16)20(29)27-21(26(13)2)24-19(25-27)14-7-4-3-5-8-14/h3-11H,12H2,1-2H3,(H,23,28). The first-order valence-electron chi connectivity index (χ1n) is 9.00. The van der Waals surface area contributed by atoms with Gasteiger partial charge in [-0.05, 0) is 25.1 Å². The molecule has 0 aliphatic carbocycles. The Bertz CT molecular complexity index is 1280. The molecule has 146 valence electrons. The van der Waals surface area contributed by atoms with Gasteiger partial charge < -0.3 is 9.88 Å². The summed E-state index contributed by atoms with van der Waals surface area (Å²) < 4.78 is 16.3. The van der Waals surface area contributed by atoms with Gasteiger partial charge in [-0.15, -0.1) is 5.10 Å². The summed E-state index contributed by atoms with van der Waals surface area (Å²) in [6.45, 7) is 1.75. The van der Waals surface area contributed by atoms with Crippen LogP contribution in [0.15, 0.2) is 59.4 Å². The Morgan fingerprint density at radius 2 is 1.90 bits per heavy atom. The third-order valence-electron chi connectivity index (χ3n) is 4.76. The number of rotatable bonds is 4. The van der Waals surface area contributed by atoms with Gasteiger partial charge in [-0.2, -0.15) is 9.50 Å². The lowest BCUT2D eigenvalue weighted by molar-refractivity contribution is -0.115. The van der Waals surface area contributed by atoms with E-state index in [1.165, 1.54) is 22.7 Å². The van der Waals surface area contributed by atoms with Gasteiger partial charge in [0.15, 0.2) is 5.82 Å². The molecule has 0 radical (unpaired) electrons. The van der Waals surface area contributed by atoms with Gasteiger partial charge in [0.25, 0.3) is 5.56 Å². The van der Waals surface area contributed by atoms with Gasteiger partial charge in [0.05, 0.1) is 6.42 Å². The molecule has 8 heteroatoms. The molecule has 0 aliphatic heterocycles. The van der Waals surface area contributed by atoms with Gasteiger partial charge in [-0.3, -0.25) is 9.59 Å². The molecule has 7 nitrogen and oxygen atoms in total. The summed E-state index contributed by atoms with van der Waals surface area (Å²) in [6.07, 6.45) is -0.161. The maximum atomic E-state index is 13.3. The Morgan fingerprint density at radius 1 is 1.14 bits per heavy atom. The number of amides is 1. The van der Waals surface area contributed by atoms with E-state index in [-0.39, 0.29) is 6.42 Å². The second-order valence-electron chi connectivity index (χ2n) is 6.68. The number of carbonyl (C=O) groups excluding carboxylic acids is 1. The van der Waals surface area contributed by atoms with E-state index in [1.807, 2.05) is 30.3 Å². The van der Waals surface area contributed by atoms with Crippen molar-refractivity contribution in [2.45, 2.75) is 13.3 Å². The lowest BCUT2D eigenvalue weighted by Crippen LogP contribution is -2.28. The smallest absolute Gasteiger partial charge is 0.279 e. The van der Waals surface area contributed by atoms with Gasteiger partial charge in [-0.25, -0.2) is 4.39 Å². The Balaban J connectivity index is 1.71. The van der Waals surface area contributed by atoms with Gasteiger partial charge >= 0.3 is 0 Å². The molecule has 0 bridgehead atoms. The van der Waals surface area contributed by atoms with Crippen LogP contribution >= 0.6 is 0 Å². The minimum atomic E-state index is -0.452. The van der Waals surface area contributed by atoms with Crippen LogP contribution in [0.3, 0.4) is 0 Å². The fraction of sp³-hybridized carbons (Fsp3) is 0.143. The quantitative estimate of drug-likeness (QED) is 0.580. The first kappa shape index (κ1) is 18.5. The number of fused-ring (bicyclic) bond motifs is 1. The molecule has 4 aromatic rings. The first-order valence-corrected chi connectivity index (χ1v) is 9.00. The number of anilines is 1. The van der Waals surface area contributed by atoms with Crippen LogP contribution in [-0.2, 0) is 18.3 Å². The zero-order valence-corrected chi connectivity index (χ0v) is 15.9. The summed E-state index contributed by atoms with van der Waals surface area (Å²) in [5, 5.41) is 6.95. The predicted octanol–water partition coefficient (Wildman–Crippen LogP) is 2.72. The molecule has 0 spiro atoms. The molecule has 0 atom stereocenters. The molecule has 1 N–H and O–H groups in total. The summed E-state index contributed by atoms with van der Waals surface area (Å²) in [4.78, 5) is 29.9. The van der Waals surface area contributed by atoms with Crippen LogP contribution in [0.4, 0.5) is 10.1 Å². The van der Waals surface area contributed by atoms with E-state index in [0.29, 0.717) is 28.5 Å². The summed E-state index contributed by atoms with van der Waals surface area (Å²) >= 11 is 0. The third-order valence-corrected chi connectivity index (χ3v) is 4.76. The Hall–Kier alpha value is -3.81. The number of carbonyl (C=O) groups is 1. The minimum Gasteiger partial charge on any atom is -0.326 e. The highest BCUT2D eigenvalue weighted by Crippen LogP contribution is 2.16. The van der Waals surface area contributed by atoms with Crippen molar-refractivity contribution in [1.29, 1.82) is 0 Å². The van der Waals surface area contributed by atoms with E-state index in [4.69, 9.17) is 0 Å². The summed E-state index contributed by atoms with van der Waals surface area (Å²) in [5.41, 5.74) is 1.64. The number of aryl methyl sites for hydroxylation is 1. The molecular formula is C21H18FN5O2. The summed E-state index contributed by atoms with van der Waals surface area (Å²) in [6, 6.07) is 14.9. The van der Waals surface area contributed by atoms with E-state index in [0.717, 1.165) is 5.56 Å². The maximum Gasteiger partial charge on any atom is 0.279 e. The minimum absolute atomic E-state index is 0.161. The van der Waals surface area contributed by atoms with Crippen molar-refractivity contribution in [3.63, 3.8) is 0 Å². The number of nitrogens with zero attached hydrogens (tertiary/aromatic N) is 4. The van der Waals surface area contributed by atoms with Gasteiger partial charge in [0.1, 0.15) is 5.82 Å². The molecule has 2 aromatic carbocycles. The van der Waals surface area contributed by atoms with Gasteiger partial charge in [0, 0.05) is 29.6 Å². The van der Waals surface area contributed by atoms with E-state index in [2.05, 4.69) is 15.4 Å². The van der Waals surface area contributed by atoms with Crippen LogP contribution < -0.4 is 10.9 Å². The molecule has 0 saturated carbocycles. The zero-order chi connectivity index (χ0) is 20.5. The largest absolute Gasteiger partial charge is 0.326 e. The van der Waals surface area contributed by atoms with Crippen LogP contribution in [0, 0.1) is 12.7 Å². The van der Waals surface area contributed by atoms with Crippen molar-refractivity contribution in [1.82, 2.24) is 19.2 Å². The summed E-state index contributed by atoms with van der Waals surface area (Å²) in [5.74, 6) is -0.0503. The highest BCUT2D eigenvalue weighted by Gasteiger charge is 2.19. The molecule has 1 amide bonds. The summed E-state index contributed by atoms with van der Waals surface area (Å²) in [7, 11) is 1.77. The van der Waals surface area contributed by atoms with Crippen LogP contribution in [0.2, 0.25) is 0 Å². The number of hydrogen-bond donors (Lipinski definition) is 1. The average molecular weight is 391 g/mol. The first-order chi connectivity index (χ1) is 13.9. The second kappa shape index (κ2) is 7.31. The zero-order valence-electron chi connectivity index (χ0n) is 15.9. The number of halogens is 1. The molecule has 2 aromatic heterocycles. The molecule has 0 fully saturated rings. The number of hydrogen-bond acceptors (Lipinski definition) is 4. The van der Waals surface area contributed by atoms with Crippen molar-refractivity contribution in [3.8, 4) is 11.4 Å². The highest BCUT2D eigenvalue weighted by molar-refractivity contribution is 5.92. The molecule has 0 unspecified atom stereocenters. The number of benzene rings is 2. The normalized spacial score (nSPS) is 11.0. The van der Waals surface area contributed by atoms with Crippen molar-refractivity contribution < 1.29 is 9.18 Å². The van der Waals surface area contributed by atoms with Gasteiger partial charge in [-0.1, -0.05) is 36.4 Å². The lowest BCUT2D eigenvalue weighted by Gasteiger charge is -2.11. The predicted molar refractivity (Wildman–Crippen MR) is 107 cm³/mol. The molecule has 2 heterocycles. The van der Waals surface area contributed by atoms with Crippen LogP contribution in [0.5, 0.6) is 0 Å². The third kappa shape index (κ3) is 3.52. The monoisotopic (exact) mass is 391 g/mol. The number of nitrogens with one attached hydrogen (secondary N) is 1. The fourth-order valence-corrected chi connectivity index (χ4v) is 3.14. The highest BCUT2D eigenvalue weighted by atomic mass is 19.1. The molecule has 0 aliphatic rings. The van der Waals surface area contributed by atoms with Crippen LogP contribution in [0.1, 0.15) is 11.3 Å². The Kier molecular flexibility index (Phi) is 4.67. The fourth-order valence-electron chi connectivity index (χ4n) is 3.14. The van der Waals surface area contributed by atoms with Crippen LogP contribution in [-0.4, -0.2) is 25.1 Å². The van der Waals surface area contributed by atoms with E-state index in [1.54, 1.807) is 24.6 Å². The lowest BCUT2D eigenvalue weighted by atomic mass is 10.1. The molecule has 0 saturated heterocycles. The van der Waals surface area contributed by atoms with E-state index in [9.17, 15) is 14.0 Å². The van der Waals surface area contributed by atoms with Crippen LogP contribution in [0.25, 0.3) is 17.2 Å². The topological polar surface area (TPSA) is 81.3 Å². The SMILES string of the molecule is Cc1c(CC(=O)Nc2cccc(F)c2)c(=O)n2nc(-c3ccccc3)nc2n1C. The molecule has 29 heavy (non-hydrogen) atoms. The van der Waals surface area contributed by atoms with Crippen molar-refractivity contribution in [2.24, 2.45) is 7.05 Å². The van der Waals surface area contributed by atoms with E-state index >= 15 is 0 Å². The van der Waals surface area contributed by atoms with Crippen molar-refractivity contribution in [2.75, 3.05) is 5.32 Å². The molecular weight excluding hydrogens is 373 g/mol.